The van der Waals surface area contributed by atoms with Gasteiger partial charge in [0.25, 0.3) is 11.9 Å². The zero-order valence-electron chi connectivity index (χ0n) is 19.7. The molecule has 34 heavy (non-hydrogen) atoms. The molecule has 2 fully saturated rings. The lowest BCUT2D eigenvalue weighted by atomic mass is 9.90. The van der Waals surface area contributed by atoms with Crippen LogP contribution in [0.1, 0.15) is 45.9 Å². The van der Waals surface area contributed by atoms with Crippen LogP contribution >= 0.6 is 0 Å². The van der Waals surface area contributed by atoms with Crippen molar-refractivity contribution in [1.82, 2.24) is 34.9 Å². The van der Waals surface area contributed by atoms with Crippen LogP contribution in [0, 0.1) is 0 Å². The Bertz CT molecular complexity index is 1210. The molecule has 1 aliphatic heterocycles. The van der Waals surface area contributed by atoms with Crippen LogP contribution in [0.25, 0.3) is 17.2 Å². The van der Waals surface area contributed by atoms with Crippen LogP contribution in [0.2, 0.25) is 0 Å². The molecule has 3 aromatic rings. The van der Waals surface area contributed by atoms with Gasteiger partial charge in [-0.1, -0.05) is 24.3 Å². The molecule has 1 aromatic carbocycles. The largest absolute Gasteiger partial charge is 0.351 e. The average Bonchev–Trinajstić information content (AvgIpc) is 3.62. The van der Waals surface area contributed by atoms with Gasteiger partial charge in [-0.05, 0) is 43.9 Å². The second-order valence-electron chi connectivity index (χ2n) is 9.73. The van der Waals surface area contributed by atoms with Crippen molar-refractivity contribution in [2.45, 2.75) is 31.6 Å². The van der Waals surface area contributed by atoms with E-state index >= 15 is 0 Å². The lowest BCUT2D eigenvalue weighted by Crippen LogP contribution is -2.46. The molecule has 6 rings (SSSR count). The lowest BCUT2D eigenvalue weighted by Gasteiger charge is -2.32. The maximum Gasteiger partial charge on any atom is 0.254 e. The molecular formula is C26H31N7O. The molecule has 176 valence electrons. The minimum atomic E-state index is -0.0504. The van der Waals surface area contributed by atoms with Crippen molar-refractivity contribution in [3.63, 3.8) is 0 Å². The summed E-state index contributed by atoms with van der Waals surface area (Å²) in [5.41, 5.74) is 6.26. The highest BCUT2D eigenvalue weighted by atomic mass is 16.1. The van der Waals surface area contributed by atoms with Gasteiger partial charge in [0.15, 0.2) is 0 Å². The van der Waals surface area contributed by atoms with Crippen molar-refractivity contribution in [3.8, 4) is 17.2 Å². The Hall–Kier alpha value is -3.10. The number of carbonyl (C=O) groups excluding carboxylic acids is 1. The van der Waals surface area contributed by atoms with E-state index in [9.17, 15) is 4.79 Å². The van der Waals surface area contributed by atoms with Crippen LogP contribution in [-0.2, 0) is 12.8 Å². The molecule has 1 N–H and O–H groups in total. The van der Waals surface area contributed by atoms with Crippen LogP contribution < -0.4 is 5.32 Å². The van der Waals surface area contributed by atoms with Crippen LogP contribution in [0.15, 0.2) is 36.7 Å². The number of rotatable bonds is 6. The predicted octanol–water partition coefficient (Wildman–Crippen LogP) is 2.28. The molecule has 3 heterocycles. The molecule has 1 saturated heterocycles. The van der Waals surface area contributed by atoms with Crippen molar-refractivity contribution < 1.29 is 4.79 Å². The third-order valence-corrected chi connectivity index (χ3v) is 7.30. The van der Waals surface area contributed by atoms with E-state index in [1.807, 2.05) is 6.20 Å². The summed E-state index contributed by atoms with van der Waals surface area (Å²) in [7, 11) is 2.15. The first-order valence-electron chi connectivity index (χ1n) is 12.4. The second-order valence-corrected chi connectivity index (χ2v) is 9.73. The SMILES string of the molecule is CN1CCN(CCNC(=O)c2cnn(-c3ncc4c(n3)-c3ccccc3CC4)c2C2CC2)CC1. The van der Waals surface area contributed by atoms with Crippen LogP contribution in [0.5, 0.6) is 0 Å². The summed E-state index contributed by atoms with van der Waals surface area (Å²) in [6.07, 6.45) is 7.72. The fraction of sp³-hybridized carbons (Fsp3) is 0.462. The van der Waals surface area contributed by atoms with E-state index < -0.39 is 0 Å². The van der Waals surface area contributed by atoms with Gasteiger partial charge in [-0.15, -0.1) is 0 Å². The molecule has 0 radical (unpaired) electrons. The van der Waals surface area contributed by atoms with E-state index in [2.05, 4.69) is 56.5 Å². The maximum atomic E-state index is 13.1. The number of aromatic nitrogens is 4. The van der Waals surface area contributed by atoms with Crippen LogP contribution in [0.4, 0.5) is 0 Å². The molecule has 0 unspecified atom stereocenters. The van der Waals surface area contributed by atoms with Gasteiger partial charge in [0.1, 0.15) is 0 Å². The average molecular weight is 458 g/mol. The third kappa shape index (κ3) is 4.12. The van der Waals surface area contributed by atoms with Gasteiger partial charge in [-0.2, -0.15) is 5.10 Å². The number of carbonyl (C=O) groups is 1. The molecule has 3 aliphatic rings. The van der Waals surface area contributed by atoms with E-state index in [-0.39, 0.29) is 5.91 Å². The molecule has 2 aromatic heterocycles. The predicted molar refractivity (Wildman–Crippen MR) is 130 cm³/mol. The van der Waals surface area contributed by atoms with Gasteiger partial charge in [-0.3, -0.25) is 9.69 Å². The fourth-order valence-corrected chi connectivity index (χ4v) is 5.09. The molecule has 8 heteroatoms. The van der Waals surface area contributed by atoms with Gasteiger partial charge in [0.05, 0.1) is 23.1 Å². The zero-order valence-corrected chi connectivity index (χ0v) is 19.7. The van der Waals surface area contributed by atoms with Crippen molar-refractivity contribution in [2.24, 2.45) is 0 Å². The minimum Gasteiger partial charge on any atom is -0.351 e. The maximum absolute atomic E-state index is 13.1. The lowest BCUT2D eigenvalue weighted by molar-refractivity contribution is 0.0940. The van der Waals surface area contributed by atoms with Gasteiger partial charge < -0.3 is 10.2 Å². The molecular weight excluding hydrogens is 426 g/mol. The number of nitrogens with zero attached hydrogens (tertiary/aromatic N) is 6. The monoisotopic (exact) mass is 457 g/mol. The van der Waals surface area contributed by atoms with Gasteiger partial charge in [0.2, 0.25) is 0 Å². The number of amides is 1. The first kappa shape index (κ1) is 21.4. The molecule has 0 spiro atoms. The fourth-order valence-electron chi connectivity index (χ4n) is 5.09. The highest BCUT2D eigenvalue weighted by Crippen LogP contribution is 2.42. The van der Waals surface area contributed by atoms with E-state index in [1.165, 1.54) is 16.7 Å². The van der Waals surface area contributed by atoms with Crippen LogP contribution in [-0.4, -0.2) is 81.8 Å². The smallest absolute Gasteiger partial charge is 0.254 e. The van der Waals surface area contributed by atoms with Crippen molar-refractivity contribution >= 4 is 5.91 Å². The minimum absolute atomic E-state index is 0.0504. The number of hydrogen-bond donors (Lipinski definition) is 1. The highest BCUT2D eigenvalue weighted by molar-refractivity contribution is 5.95. The summed E-state index contributed by atoms with van der Waals surface area (Å²) in [5.74, 6) is 0.840. The Labute approximate surface area is 200 Å². The van der Waals surface area contributed by atoms with Gasteiger partial charge in [0, 0.05) is 56.9 Å². The molecule has 1 amide bonds. The quantitative estimate of drug-likeness (QED) is 0.612. The van der Waals surface area contributed by atoms with Crippen molar-refractivity contribution in [3.05, 3.63) is 59.0 Å². The number of piperazine rings is 1. The topological polar surface area (TPSA) is 79.2 Å². The summed E-state index contributed by atoms with van der Waals surface area (Å²) >= 11 is 0. The number of nitrogens with one attached hydrogen (secondary N) is 1. The summed E-state index contributed by atoms with van der Waals surface area (Å²) < 4.78 is 1.80. The number of aryl methyl sites for hydroxylation is 2. The molecule has 8 nitrogen and oxygen atoms in total. The Kier molecular flexibility index (Phi) is 5.63. The van der Waals surface area contributed by atoms with E-state index in [4.69, 9.17) is 4.98 Å². The Morgan fingerprint density at radius 1 is 1.06 bits per heavy atom. The summed E-state index contributed by atoms with van der Waals surface area (Å²) in [6.45, 7) is 5.78. The first-order valence-corrected chi connectivity index (χ1v) is 12.4. The van der Waals surface area contributed by atoms with E-state index in [0.717, 1.165) is 69.8 Å². The Balaban J connectivity index is 1.23. The van der Waals surface area contributed by atoms with E-state index in [0.29, 0.717) is 24.0 Å². The number of fused-ring (bicyclic) bond motifs is 3. The summed E-state index contributed by atoms with van der Waals surface area (Å²) in [4.78, 5) is 27.4. The van der Waals surface area contributed by atoms with Crippen molar-refractivity contribution in [2.75, 3.05) is 46.3 Å². The second kappa shape index (κ2) is 8.92. The van der Waals surface area contributed by atoms with E-state index in [1.54, 1.807) is 10.9 Å². The summed E-state index contributed by atoms with van der Waals surface area (Å²) in [5, 5.41) is 7.71. The van der Waals surface area contributed by atoms with Crippen molar-refractivity contribution in [1.29, 1.82) is 0 Å². The van der Waals surface area contributed by atoms with Crippen LogP contribution in [0.3, 0.4) is 0 Å². The Morgan fingerprint density at radius 2 is 1.85 bits per heavy atom. The number of hydrogen-bond acceptors (Lipinski definition) is 6. The third-order valence-electron chi connectivity index (χ3n) is 7.30. The Morgan fingerprint density at radius 3 is 2.68 bits per heavy atom. The molecule has 2 aliphatic carbocycles. The molecule has 0 bridgehead atoms. The first-order chi connectivity index (χ1) is 16.7. The standard InChI is InChI=1S/C26H31N7O/c1-31-12-14-32(15-13-31)11-10-27-25(34)22-17-29-33(24(22)19-7-8-19)26-28-16-20-9-6-18-4-2-3-5-21(18)23(20)30-26/h2-5,16-17,19H,6-15H2,1H3,(H,27,34). The molecule has 0 atom stereocenters. The molecule has 1 saturated carbocycles. The number of likely N-dealkylation sites (N-methyl/N-ethyl adjacent to an activating group) is 1. The normalized spacial score (nSPS) is 18.4. The summed E-state index contributed by atoms with van der Waals surface area (Å²) in [6, 6.07) is 8.45. The van der Waals surface area contributed by atoms with Gasteiger partial charge >= 0.3 is 0 Å². The highest BCUT2D eigenvalue weighted by Gasteiger charge is 2.34. The zero-order chi connectivity index (χ0) is 23.1. The van der Waals surface area contributed by atoms with Gasteiger partial charge in [-0.25, -0.2) is 14.6 Å². The number of benzene rings is 1.